The summed E-state index contributed by atoms with van der Waals surface area (Å²) in [6.07, 6.45) is 0. The third-order valence-corrected chi connectivity index (χ3v) is 1.24. The molecule has 0 unspecified atom stereocenters. The van der Waals surface area contributed by atoms with Crippen molar-refractivity contribution in [3.8, 4) is 5.75 Å². The number of hydrogen-bond acceptors (Lipinski definition) is 2. The van der Waals surface area contributed by atoms with Crippen molar-refractivity contribution in [2.24, 2.45) is 0 Å². The Labute approximate surface area is 67.0 Å². The van der Waals surface area contributed by atoms with Crippen LogP contribution in [-0.2, 0) is 0 Å². The predicted octanol–water partition coefficient (Wildman–Crippen LogP) is 1.28. The number of aromatic amines is 1. The van der Waals surface area contributed by atoms with Crippen molar-refractivity contribution in [1.29, 1.82) is 0 Å². The average Bonchev–Trinajstić information content (AvgIpc) is 1.94. The van der Waals surface area contributed by atoms with Gasteiger partial charge in [0.15, 0.2) is 5.75 Å². The van der Waals surface area contributed by atoms with Gasteiger partial charge in [0.25, 0.3) is 5.56 Å². The van der Waals surface area contributed by atoms with E-state index in [2.05, 4.69) is 9.72 Å². The van der Waals surface area contributed by atoms with E-state index in [1.165, 1.54) is 12.1 Å². The molecule has 5 heteroatoms. The summed E-state index contributed by atoms with van der Waals surface area (Å²) in [4.78, 5) is 13.2. The van der Waals surface area contributed by atoms with Gasteiger partial charge in [-0.2, -0.15) is 8.78 Å². The lowest BCUT2D eigenvalue weighted by atomic mass is 10.4. The van der Waals surface area contributed by atoms with E-state index in [1.807, 2.05) is 0 Å². The Hall–Kier alpha value is -1.39. The van der Waals surface area contributed by atoms with Gasteiger partial charge >= 0.3 is 6.61 Å². The number of aryl methyl sites for hydroxylation is 1. The molecule has 0 bridgehead atoms. The second-order valence-corrected chi connectivity index (χ2v) is 2.21. The maximum Gasteiger partial charge on any atom is 0.387 e. The fourth-order valence-electron chi connectivity index (χ4n) is 0.748. The normalized spacial score (nSPS) is 10.3. The summed E-state index contributed by atoms with van der Waals surface area (Å²) in [7, 11) is 0. The molecule has 0 saturated carbocycles. The first-order chi connectivity index (χ1) is 5.59. The molecule has 0 atom stereocenters. The average molecular weight is 175 g/mol. The van der Waals surface area contributed by atoms with Crippen molar-refractivity contribution in [1.82, 2.24) is 4.98 Å². The van der Waals surface area contributed by atoms with Crippen LogP contribution in [0.4, 0.5) is 8.78 Å². The SMILES string of the molecule is Cc1ccc(OC(F)F)c(=O)[nH]1. The highest BCUT2D eigenvalue weighted by atomic mass is 19.3. The molecule has 0 saturated heterocycles. The topological polar surface area (TPSA) is 42.1 Å². The van der Waals surface area contributed by atoms with E-state index in [0.29, 0.717) is 5.69 Å². The van der Waals surface area contributed by atoms with E-state index in [4.69, 9.17) is 0 Å². The Kier molecular flexibility index (Phi) is 2.42. The zero-order chi connectivity index (χ0) is 9.14. The summed E-state index contributed by atoms with van der Waals surface area (Å²) in [6.45, 7) is -1.32. The molecule has 0 fully saturated rings. The summed E-state index contributed by atoms with van der Waals surface area (Å²) in [5, 5.41) is 0. The van der Waals surface area contributed by atoms with Gasteiger partial charge in [-0.15, -0.1) is 0 Å². The van der Waals surface area contributed by atoms with Crippen molar-refractivity contribution in [2.45, 2.75) is 13.5 Å². The quantitative estimate of drug-likeness (QED) is 0.735. The van der Waals surface area contributed by atoms with Crippen molar-refractivity contribution in [2.75, 3.05) is 0 Å². The number of nitrogens with one attached hydrogen (secondary N) is 1. The first kappa shape index (κ1) is 8.70. The minimum absolute atomic E-state index is 0.365. The monoisotopic (exact) mass is 175 g/mol. The summed E-state index contributed by atoms with van der Waals surface area (Å²) in [6, 6.07) is 2.69. The van der Waals surface area contributed by atoms with Gasteiger partial charge in [-0.1, -0.05) is 0 Å². The number of hydrogen-bond donors (Lipinski definition) is 1. The van der Waals surface area contributed by atoms with Crippen LogP contribution < -0.4 is 10.3 Å². The Bertz CT molecular complexity index is 321. The molecule has 1 N–H and O–H groups in total. The Morgan fingerprint density at radius 1 is 1.50 bits per heavy atom. The maximum absolute atomic E-state index is 11.6. The lowest BCUT2D eigenvalue weighted by Crippen LogP contribution is -2.14. The van der Waals surface area contributed by atoms with Gasteiger partial charge in [-0.3, -0.25) is 4.79 Å². The second-order valence-electron chi connectivity index (χ2n) is 2.21. The molecule has 1 aromatic rings. The van der Waals surface area contributed by atoms with Gasteiger partial charge in [0.1, 0.15) is 0 Å². The van der Waals surface area contributed by atoms with E-state index in [1.54, 1.807) is 6.92 Å². The van der Waals surface area contributed by atoms with Gasteiger partial charge in [-0.25, -0.2) is 0 Å². The summed E-state index contributed by atoms with van der Waals surface area (Å²) < 4.78 is 27.2. The van der Waals surface area contributed by atoms with Gasteiger partial charge in [0.2, 0.25) is 0 Å². The predicted molar refractivity (Wildman–Crippen MR) is 38.4 cm³/mol. The molecule has 1 heterocycles. The molecular weight excluding hydrogens is 168 g/mol. The third-order valence-electron chi connectivity index (χ3n) is 1.24. The first-order valence-electron chi connectivity index (χ1n) is 3.24. The molecule has 0 spiro atoms. The van der Waals surface area contributed by atoms with Crippen molar-refractivity contribution in [3.05, 3.63) is 28.2 Å². The van der Waals surface area contributed by atoms with Crippen molar-refractivity contribution in [3.63, 3.8) is 0 Å². The van der Waals surface area contributed by atoms with Crippen LogP contribution in [0.5, 0.6) is 5.75 Å². The number of ether oxygens (including phenoxy) is 1. The van der Waals surface area contributed by atoms with Crippen LogP contribution in [0.15, 0.2) is 16.9 Å². The number of pyridine rings is 1. The third kappa shape index (κ3) is 2.05. The minimum Gasteiger partial charge on any atom is -0.429 e. The molecule has 0 aromatic carbocycles. The fraction of sp³-hybridized carbons (Fsp3) is 0.286. The number of rotatable bonds is 2. The Morgan fingerprint density at radius 2 is 2.17 bits per heavy atom. The van der Waals surface area contributed by atoms with Gasteiger partial charge < -0.3 is 9.72 Å². The zero-order valence-electron chi connectivity index (χ0n) is 6.30. The zero-order valence-corrected chi connectivity index (χ0v) is 6.30. The van der Waals surface area contributed by atoms with Crippen LogP contribution in [0.3, 0.4) is 0 Å². The Morgan fingerprint density at radius 3 is 2.67 bits per heavy atom. The molecule has 66 valence electrons. The van der Waals surface area contributed by atoms with E-state index in [-0.39, 0.29) is 5.75 Å². The number of halogens is 2. The molecule has 0 radical (unpaired) electrons. The second kappa shape index (κ2) is 3.34. The van der Waals surface area contributed by atoms with Gasteiger partial charge in [-0.05, 0) is 19.1 Å². The molecule has 0 aliphatic carbocycles. The van der Waals surface area contributed by atoms with Crippen LogP contribution in [0.2, 0.25) is 0 Å². The number of alkyl halides is 2. The van der Waals surface area contributed by atoms with Crippen LogP contribution >= 0.6 is 0 Å². The molecule has 0 aliphatic heterocycles. The van der Waals surface area contributed by atoms with E-state index in [9.17, 15) is 13.6 Å². The van der Waals surface area contributed by atoms with E-state index >= 15 is 0 Å². The van der Waals surface area contributed by atoms with E-state index in [0.717, 1.165) is 0 Å². The van der Waals surface area contributed by atoms with Gasteiger partial charge in [0, 0.05) is 5.69 Å². The molecule has 0 amide bonds. The van der Waals surface area contributed by atoms with Crippen LogP contribution in [0.25, 0.3) is 0 Å². The minimum atomic E-state index is -2.96. The highest BCUT2D eigenvalue weighted by Gasteiger charge is 2.07. The Balaban J connectivity index is 2.94. The molecule has 0 aliphatic rings. The lowest BCUT2D eigenvalue weighted by molar-refractivity contribution is -0.0508. The standard InChI is InChI=1S/C7H7F2NO2/c1-4-2-3-5(6(11)10-4)12-7(8)9/h2-3,7H,1H3,(H,10,11). The van der Waals surface area contributed by atoms with Crippen molar-refractivity contribution >= 4 is 0 Å². The van der Waals surface area contributed by atoms with Crippen LogP contribution in [0, 0.1) is 6.92 Å². The van der Waals surface area contributed by atoms with Gasteiger partial charge in [0.05, 0.1) is 0 Å². The molecular formula is C7H7F2NO2. The van der Waals surface area contributed by atoms with Crippen molar-refractivity contribution < 1.29 is 13.5 Å². The number of aromatic nitrogens is 1. The van der Waals surface area contributed by atoms with Crippen LogP contribution in [-0.4, -0.2) is 11.6 Å². The highest BCUT2D eigenvalue weighted by molar-refractivity contribution is 5.19. The highest BCUT2D eigenvalue weighted by Crippen LogP contribution is 2.06. The largest absolute Gasteiger partial charge is 0.429 e. The smallest absolute Gasteiger partial charge is 0.387 e. The molecule has 12 heavy (non-hydrogen) atoms. The molecule has 1 rings (SSSR count). The maximum atomic E-state index is 11.6. The fourth-order valence-corrected chi connectivity index (χ4v) is 0.748. The lowest BCUT2D eigenvalue weighted by Gasteiger charge is -2.02. The summed E-state index contributed by atoms with van der Waals surface area (Å²) in [5.41, 5.74) is -0.0445. The number of H-pyrrole nitrogens is 1. The molecule has 1 aromatic heterocycles. The van der Waals surface area contributed by atoms with E-state index < -0.39 is 12.2 Å². The van der Waals surface area contributed by atoms with Crippen LogP contribution in [0.1, 0.15) is 5.69 Å². The molecule has 3 nitrogen and oxygen atoms in total. The summed E-state index contributed by atoms with van der Waals surface area (Å²) in [5.74, 6) is -0.365. The first-order valence-corrected chi connectivity index (χ1v) is 3.24. The summed E-state index contributed by atoms with van der Waals surface area (Å²) >= 11 is 0.